The molecule has 21 heavy (non-hydrogen) atoms. The maximum atomic E-state index is 5.96. The van der Waals surface area contributed by atoms with Gasteiger partial charge >= 0.3 is 0 Å². The van der Waals surface area contributed by atoms with Gasteiger partial charge in [0.25, 0.3) is 0 Å². The molecule has 2 aromatic carbocycles. The first kappa shape index (κ1) is 13.7. The van der Waals surface area contributed by atoms with Gasteiger partial charge in [-0.3, -0.25) is 0 Å². The van der Waals surface area contributed by atoms with Crippen molar-refractivity contribution in [1.29, 1.82) is 0 Å². The summed E-state index contributed by atoms with van der Waals surface area (Å²) in [5.41, 5.74) is 3.73. The first-order valence-electron chi connectivity index (χ1n) is 7.43. The topological polar surface area (TPSA) is 14.2 Å². The van der Waals surface area contributed by atoms with Crippen LogP contribution in [0.2, 0.25) is 0 Å². The minimum atomic E-state index is 0.447. The minimum Gasteiger partial charge on any atom is -0.489 e. The van der Waals surface area contributed by atoms with Crippen LogP contribution in [0.3, 0.4) is 0 Å². The van der Waals surface area contributed by atoms with Crippen molar-refractivity contribution in [1.82, 2.24) is 4.57 Å². The Balaban J connectivity index is 1.90. The van der Waals surface area contributed by atoms with Gasteiger partial charge in [-0.1, -0.05) is 30.3 Å². The third kappa shape index (κ3) is 2.80. The Morgan fingerprint density at radius 3 is 2.62 bits per heavy atom. The lowest BCUT2D eigenvalue weighted by molar-refractivity contribution is 0.307. The van der Waals surface area contributed by atoms with E-state index in [0.717, 1.165) is 5.75 Å². The molecule has 3 aromatic rings. The predicted molar refractivity (Wildman–Crippen MR) is 87.8 cm³/mol. The molecule has 0 unspecified atom stereocenters. The van der Waals surface area contributed by atoms with Gasteiger partial charge in [0, 0.05) is 28.7 Å². The summed E-state index contributed by atoms with van der Waals surface area (Å²) in [7, 11) is 0. The summed E-state index contributed by atoms with van der Waals surface area (Å²) in [4.78, 5) is 0. The first-order valence-corrected chi connectivity index (χ1v) is 7.43. The number of aryl methyl sites for hydroxylation is 1. The molecule has 0 aliphatic rings. The molecule has 0 bridgehead atoms. The van der Waals surface area contributed by atoms with Crippen molar-refractivity contribution in [2.45, 2.75) is 33.4 Å². The highest BCUT2D eigenvalue weighted by molar-refractivity contribution is 5.84. The zero-order valence-corrected chi connectivity index (χ0v) is 12.8. The van der Waals surface area contributed by atoms with E-state index in [1.165, 1.54) is 22.0 Å². The SMILES string of the molecule is Cc1cccc(OCc2cn(C(C)C)c3ccccc23)c1. The van der Waals surface area contributed by atoms with Crippen LogP contribution in [0.15, 0.2) is 54.7 Å². The smallest absolute Gasteiger partial charge is 0.120 e. The normalized spacial score (nSPS) is 11.2. The van der Waals surface area contributed by atoms with Gasteiger partial charge in [0.1, 0.15) is 12.4 Å². The molecule has 0 amide bonds. The number of benzene rings is 2. The second-order valence-corrected chi connectivity index (χ2v) is 5.78. The lowest BCUT2D eigenvalue weighted by Crippen LogP contribution is -1.98. The number of nitrogens with zero attached hydrogens (tertiary/aromatic N) is 1. The van der Waals surface area contributed by atoms with Crippen LogP contribution in [0.5, 0.6) is 5.75 Å². The molecule has 0 saturated carbocycles. The van der Waals surface area contributed by atoms with Gasteiger partial charge in [0.05, 0.1) is 0 Å². The third-order valence-corrected chi connectivity index (χ3v) is 3.76. The van der Waals surface area contributed by atoms with E-state index < -0.39 is 0 Å². The van der Waals surface area contributed by atoms with E-state index in [4.69, 9.17) is 4.74 Å². The molecule has 3 rings (SSSR count). The fourth-order valence-corrected chi connectivity index (χ4v) is 2.69. The number of rotatable bonds is 4. The number of hydrogen-bond acceptors (Lipinski definition) is 1. The van der Waals surface area contributed by atoms with Crippen molar-refractivity contribution in [3.63, 3.8) is 0 Å². The van der Waals surface area contributed by atoms with Crippen LogP contribution < -0.4 is 4.74 Å². The van der Waals surface area contributed by atoms with Crippen LogP contribution in [0.4, 0.5) is 0 Å². The summed E-state index contributed by atoms with van der Waals surface area (Å²) in [6.45, 7) is 7.09. The van der Waals surface area contributed by atoms with Crippen LogP contribution in [-0.4, -0.2) is 4.57 Å². The zero-order valence-electron chi connectivity index (χ0n) is 12.8. The zero-order chi connectivity index (χ0) is 14.8. The van der Waals surface area contributed by atoms with Gasteiger partial charge in [-0.15, -0.1) is 0 Å². The fraction of sp³-hybridized carbons (Fsp3) is 0.263. The van der Waals surface area contributed by atoms with E-state index in [-0.39, 0.29) is 0 Å². The summed E-state index contributed by atoms with van der Waals surface area (Å²) >= 11 is 0. The summed E-state index contributed by atoms with van der Waals surface area (Å²) in [5.74, 6) is 0.927. The van der Waals surface area contributed by atoms with Gasteiger partial charge in [0.15, 0.2) is 0 Å². The van der Waals surface area contributed by atoms with Crippen molar-refractivity contribution in [3.05, 3.63) is 65.9 Å². The molecule has 2 heteroatoms. The molecule has 2 nitrogen and oxygen atoms in total. The Hall–Kier alpha value is -2.22. The minimum absolute atomic E-state index is 0.447. The number of hydrogen-bond donors (Lipinski definition) is 0. The van der Waals surface area contributed by atoms with E-state index in [2.05, 4.69) is 67.9 Å². The molecule has 0 aliphatic heterocycles. The molecule has 1 aromatic heterocycles. The van der Waals surface area contributed by atoms with E-state index in [1.807, 2.05) is 12.1 Å². The van der Waals surface area contributed by atoms with Crippen molar-refractivity contribution in [3.8, 4) is 5.75 Å². The lowest BCUT2D eigenvalue weighted by Gasteiger charge is -2.08. The summed E-state index contributed by atoms with van der Waals surface area (Å²) in [6, 6.07) is 17.2. The molecule has 0 saturated heterocycles. The summed E-state index contributed by atoms with van der Waals surface area (Å²) < 4.78 is 8.27. The van der Waals surface area contributed by atoms with Crippen LogP contribution >= 0.6 is 0 Å². The molecule has 0 atom stereocenters. The Morgan fingerprint density at radius 1 is 1.05 bits per heavy atom. The second-order valence-electron chi connectivity index (χ2n) is 5.78. The molecule has 0 aliphatic carbocycles. The highest BCUT2D eigenvalue weighted by Crippen LogP contribution is 2.26. The molecule has 108 valence electrons. The highest BCUT2D eigenvalue weighted by Gasteiger charge is 2.10. The number of fused-ring (bicyclic) bond motifs is 1. The Bertz CT molecular complexity index is 755. The molecular formula is C19H21NO. The van der Waals surface area contributed by atoms with Crippen molar-refractivity contribution >= 4 is 10.9 Å². The number of aromatic nitrogens is 1. The van der Waals surface area contributed by atoms with Crippen LogP contribution in [0.1, 0.15) is 31.0 Å². The van der Waals surface area contributed by atoms with Crippen molar-refractivity contribution in [2.24, 2.45) is 0 Å². The average Bonchev–Trinajstić information content (AvgIpc) is 2.84. The maximum absolute atomic E-state index is 5.96. The molecule has 0 N–H and O–H groups in total. The molecule has 0 spiro atoms. The Labute approximate surface area is 126 Å². The van der Waals surface area contributed by atoms with Crippen LogP contribution in [-0.2, 0) is 6.61 Å². The lowest BCUT2D eigenvalue weighted by atomic mass is 10.2. The Kier molecular flexibility index (Phi) is 3.70. The third-order valence-electron chi connectivity index (χ3n) is 3.76. The number of ether oxygens (including phenoxy) is 1. The average molecular weight is 279 g/mol. The van der Waals surface area contributed by atoms with E-state index >= 15 is 0 Å². The van der Waals surface area contributed by atoms with Crippen LogP contribution in [0.25, 0.3) is 10.9 Å². The van der Waals surface area contributed by atoms with E-state index in [9.17, 15) is 0 Å². The second kappa shape index (κ2) is 5.65. The number of para-hydroxylation sites is 1. The van der Waals surface area contributed by atoms with E-state index in [0.29, 0.717) is 12.6 Å². The first-order chi connectivity index (χ1) is 10.1. The van der Waals surface area contributed by atoms with Gasteiger partial charge in [-0.05, 0) is 44.5 Å². The predicted octanol–water partition coefficient (Wildman–Crippen LogP) is 5.11. The largest absolute Gasteiger partial charge is 0.489 e. The van der Waals surface area contributed by atoms with E-state index in [1.54, 1.807) is 0 Å². The van der Waals surface area contributed by atoms with Crippen molar-refractivity contribution in [2.75, 3.05) is 0 Å². The molecule has 1 heterocycles. The molecule has 0 fully saturated rings. The van der Waals surface area contributed by atoms with Gasteiger partial charge in [-0.25, -0.2) is 0 Å². The fourth-order valence-electron chi connectivity index (χ4n) is 2.69. The van der Waals surface area contributed by atoms with Gasteiger partial charge in [-0.2, -0.15) is 0 Å². The maximum Gasteiger partial charge on any atom is 0.120 e. The molecule has 0 radical (unpaired) electrons. The summed E-state index contributed by atoms with van der Waals surface area (Å²) in [6.07, 6.45) is 2.21. The quantitative estimate of drug-likeness (QED) is 0.647. The summed E-state index contributed by atoms with van der Waals surface area (Å²) in [5, 5.41) is 1.28. The van der Waals surface area contributed by atoms with Crippen LogP contribution in [0, 0.1) is 6.92 Å². The monoisotopic (exact) mass is 279 g/mol. The molecular weight excluding hydrogens is 258 g/mol. The Morgan fingerprint density at radius 2 is 1.86 bits per heavy atom. The standard InChI is InChI=1S/C19H21NO/c1-14(2)20-12-16(18-9-4-5-10-19(18)20)13-21-17-8-6-7-15(3)11-17/h4-12,14H,13H2,1-3H3. The van der Waals surface area contributed by atoms with Gasteiger partial charge in [0.2, 0.25) is 0 Å². The van der Waals surface area contributed by atoms with Gasteiger partial charge < -0.3 is 9.30 Å². The highest BCUT2D eigenvalue weighted by atomic mass is 16.5. The van der Waals surface area contributed by atoms with Crippen molar-refractivity contribution < 1.29 is 4.74 Å².